The van der Waals surface area contributed by atoms with E-state index in [-0.39, 0.29) is 0 Å². The van der Waals surface area contributed by atoms with Crippen LogP contribution < -0.4 is 4.90 Å². The monoisotopic (exact) mass is 343 g/mol. The van der Waals surface area contributed by atoms with Gasteiger partial charge in [0.2, 0.25) is 0 Å². The van der Waals surface area contributed by atoms with Crippen LogP contribution in [0.15, 0.2) is 42.5 Å². The smallest absolute Gasteiger partial charge is 0.163 e. The van der Waals surface area contributed by atoms with Crippen molar-refractivity contribution < 1.29 is 0 Å². The first-order valence-corrected chi connectivity index (χ1v) is 8.45. The van der Waals surface area contributed by atoms with Crippen LogP contribution in [-0.4, -0.2) is 23.1 Å². The molecule has 2 heterocycles. The molecule has 0 unspecified atom stereocenters. The summed E-state index contributed by atoms with van der Waals surface area (Å²) in [7, 11) is 0. The number of rotatable bonds is 2. The summed E-state index contributed by atoms with van der Waals surface area (Å²) in [6.07, 6.45) is 2.41. The number of hydrogen-bond acceptors (Lipinski definition) is 3. The Bertz CT molecular complexity index is 873. The van der Waals surface area contributed by atoms with E-state index in [1.54, 1.807) is 6.07 Å². The van der Waals surface area contributed by atoms with E-state index >= 15 is 0 Å². The minimum absolute atomic E-state index is 0.570. The quantitative estimate of drug-likeness (QED) is 0.639. The summed E-state index contributed by atoms with van der Waals surface area (Å²) < 4.78 is 0. The molecule has 3 nitrogen and oxygen atoms in total. The van der Waals surface area contributed by atoms with Crippen molar-refractivity contribution in [2.75, 3.05) is 18.0 Å². The third-order valence-electron chi connectivity index (χ3n) is 4.16. The largest absolute Gasteiger partial charge is 0.356 e. The van der Waals surface area contributed by atoms with Crippen LogP contribution in [-0.2, 0) is 0 Å². The fourth-order valence-corrected chi connectivity index (χ4v) is 3.51. The first-order chi connectivity index (χ1) is 11.2. The molecule has 23 heavy (non-hydrogen) atoms. The van der Waals surface area contributed by atoms with Crippen LogP contribution >= 0.6 is 23.2 Å². The minimum atomic E-state index is 0.570. The first kappa shape index (κ1) is 14.7. The summed E-state index contributed by atoms with van der Waals surface area (Å²) in [5, 5.41) is 2.27. The number of benzene rings is 2. The van der Waals surface area contributed by atoms with E-state index < -0.39 is 0 Å². The van der Waals surface area contributed by atoms with Crippen molar-refractivity contribution in [3.8, 4) is 11.4 Å². The van der Waals surface area contributed by atoms with Gasteiger partial charge in [-0.05, 0) is 43.2 Å². The second-order valence-electron chi connectivity index (χ2n) is 5.71. The molecule has 116 valence electrons. The zero-order chi connectivity index (χ0) is 15.8. The van der Waals surface area contributed by atoms with Crippen LogP contribution in [0.4, 0.5) is 5.82 Å². The molecule has 2 aromatic carbocycles. The standard InChI is InChI=1S/C18H15Cl2N3/c19-12-7-8-13(15(20)11-12)17-21-16-6-2-1-5-14(16)18(22-17)23-9-3-4-10-23/h1-2,5-8,11H,3-4,9-10H2. The summed E-state index contributed by atoms with van der Waals surface area (Å²) in [6, 6.07) is 13.5. The fourth-order valence-electron chi connectivity index (χ4n) is 3.02. The first-order valence-electron chi connectivity index (χ1n) is 7.69. The molecule has 0 aliphatic carbocycles. The molecule has 4 rings (SSSR count). The number of aromatic nitrogens is 2. The summed E-state index contributed by atoms with van der Waals surface area (Å²) in [6.45, 7) is 2.07. The highest BCUT2D eigenvalue weighted by Crippen LogP contribution is 2.33. The van der Waals surface area contributed by atoms with Crippen LogP contribution in [0.5, 0.6) is 0 Å². The van der Waals surface area contributed by atoms with Crippen LogP contribution in [0.25, 0.3) is 22.3 Å². The van der Waals surface area contributed by atoms with E-state index in [2.05, 4.69) is 11.0 Å². The van der Waals surface area contributed by atoms with Gasteiger partial charge in [0.1, 0.15) is 5.82 Å². The van der Waals surface area contributed by atoms with Gasteiger partial charge in [0, 0.05) is 29.1 Å². The predicted molar refractivity (Wildman–Crippen MR) is 96.4 cm³/mol. The number of halogens is 2. The number of para-hydroxylation sites is 1. The molecule has 5 heteroatoms. The Morgan fingerprint density at radius 1 is 0.913 bits per heavy atom. The molecule has 1 fully saturated rings. The zero-order valence-corrected chi connectivity index (χ0v) is 14.0. The highest BCUT2D eigenvalue weighted by molar-refractivity contribution is 6.36. The number of nitrogens with zero attached hydrogens (tertiary/aromatic N) is 3. The van der Waals surface area contributed by atoms with E-state index in [0.717, 1.165) is 35.4 Å². The topological polar surface area (TPSA) is 29.0 Å². The molecular weight excluding hydrogens is 329 g/mol. The van der Waals surface area contributed by atoms with E-state index in [1.807, 2.05) is 30.3 Å². The van der Waals surface area contributed by atoms with Gasteiger partial charge in [0.25, 0.3) is 0 Å². The Morgan fingerprint density at radius 3 is 2.48 bits per heavy atom. The molecule has 0 saturated carbocycles. The fraction of sp³-hybridized carbons (Fsp3) is 0.222. The summed E-state index contributed by atoms with van der Waals surface area (Å²) in [5.74, 6) is 1.64. The minimum Gasteiger partial charge on any atom is -0.356 e. The normalized spacial score (nSPS) is 14.6. The lowest BCUT2D eigenvalue weighted by molar-refractivity contribution is 0.941. The lowest BCUT2D eigenvalue weighted by atomic mass is 10.1. The van der Waals surface area contributed by atoms with Gasteiger partial charge < -0.3 is 4.90 Å². The summed E-state index contributed by atoms with van der Waals surface area (Å²) >= 11 is 12.4. The van der Waals surface area contributed by atoms with E-state index in [0.29, 0.717) is 15.9 Å². The molecule has 1 aliphatic heterocycles. The van der Waals surface area contributed by atoms with Crippen LogP contribution in [0.2, 0.25) is 10.0 Å². The molecule has 0 spiro atoms. The van der Waals surface area contributed by atoms with Gasteiger partial charge in [-0.1, -0.05) is 35.3 Å². The average Bonchev–Trinajstić information content (AvgIpc) is 3.08. The Labute approximate surface area is 144 Å². The lowest BCUT2D eigenvalue weighted by Crippen LogP contribution is -2.20. The van der Waals surface area contributed by atoms with Crippen molar-refractivity contribution in [1.82, 2.24) is 9.97 Å². The van der Waals surface area contributed by atoms with Gasteiger partial charge in [-0.2, -0.15) is 0 Å². The van der Waals surface area contributed by atoms with E-state index in [9.17, 15) is 0 Å². The van der Waals surface area contributed by atoms with Gasteiger partial charge in [0.15, 0.2) is 5.82 Å². The van der Waals surface area contributed by atoms with Crippen molar-refractivity contribution in [2.24, 2.45) is 0 Å². The molecular formula is C18H15Cl2N3. The summed E-state index contributed by atoms with van der Waals surface area (Å²) in [4.78, 5) is 11.9. The maximum Gasteiger partial charge on any atom is 0.163 e. The maximum atomic E-state index is 6.35. The third kappa shape index (κ3) is 2.75. The van der Waals surface area contributed by atoms with Crippen molar-refractivity contribution in [2.45, 2.75) is 12.8 Å². The lowest BCUT2D eigenvalue weighted by Gasteiger charge is -2.19. The summed E-state index contributed by atoms with van der Waals surface area (Å²) in [5.41, 5.74) is 1.74. The highest BCUT2D eigenvalue weighted by Gasteiger charge is 2.19. The molecule has 0 atom stereocenters. The van der Waals surface area contributed by atoms with Crippen molar-refractivity contribution >= 4 is 39.9 Å². The highest BCUT2D eigenvalue weighted by atomic mass is 35.5. The second-order valence-corrected chi connectivity index (χ2v) is 6.55. The molecule has 1 aromatic heterocycles. The molecule has 1 saturated heterocycles. The van der Waals surface area contributed by atoms with Crippen molar-refractivity contribution in [3.63, 3.8) is 0 Å². The van der Waals surface area contributed by atoms with Crippen LogP contribution in [0.3, 0.4) is 0 Å². The van der Waals surface area contributed by atoms with E-state index in [4.69, 9.17) is 33.2 Å². The van der Waals surface area contributed by atoms with Gasteiger partial charge in [0.05, 0.1) is 10.5 Å². The Hall–Kier alpha value is -1.84. The van der Waals surface area contributed by atoms with Gasteiger partial charge >= 0.3 is 0 Å². The predicted octanol–water partition coefficient (Wildman–Crippen LogP) is 5.20. The van der Waals surface area contributed by atoms with Gasteiger partial charge in [-0.25, -0.2) is 9.97 Å². The van der Waals surface area contributed by atoms with Crippen molar-refractivity contribution in [1.29, 1.82) is 0 Å². The Kier molecular flexibility index (Phi) is 3.83. The van der Waals surface area contributed by atoms with E-state index in [1.165, 1.54) is 12.8 Å². The zero-order valence-electron chi connectivity index (χ0n) is 12.5. The van der Waals surface area contributed by atoms with Crippen molar-refractivity contribution in [3.05, 3.63) is 52.5 Å². The molecule has 3 aromatic rings. The Morgan fingerprint density at radius 2 is 1.70 bits per heavy atom. The SMILES string of the molecule is Clc1ccc(-c2nc(N3CCCC3)c3ccccc3n2)c(Cl)c1. The Balaban J connectivity index is 1.93. The van der Waals surface area contributed by atoms with Gasteiger partial charge in [-0.15, -0.1) is 0 Å². The van der Waals surface area contributed by atoms with Crippen LogP contribution in [0.1, 0.15) is 12.8 Å². The van der Waals surface area contributed by atoms with Crippen LogP contribution in [0, 0.1) is 0 Å². The molecule has 0 amide bonds. The van der Waals surface area contributed by atoms with Gasteiger partial charge in [-0.3, -0.25) is 0 Å². The molecule has 0 N–H and O–H groups in total. The maximum absolute atomic E-state index is 6.35. The average molecular weight is 344 g/mol. The molecule has 1 aliphatic rings. The number of hydrogen-bond donors (Lipinski definition) is 0. The molecule has 0 bridgehead atoms. The number of anilines is 1. The second kappa shape index (κ2) is 5.99. The third-order valence-corrected chi connectivity index (χ3v) is 4.71. The number of fused-ring (bicyclic) bond motifs is 1. The molecule has 0 radical (unpaired) electrons.